The van der Waals surface area contributed by atoms with Crippen LogP contribution < -0.4 is 25.1 Å². The summed E-state index contributed by atoms with van der Waals surface area (Å²) >= 11 is 1.15. The molecule has 4 rings (SSSR count). The van der Waals surface area contributed by atoms with Crippen LogP contribution in [0.2, 0.25) is 0 Å². The van der Waals surface area contributed by atoms with Gasteiger partial charge in [0, 0.05) is 6.42 Å². The van der Waals surface area contributed by atoms with E-state index < -0.39 is 5.56 Å². The third-order valence-electron chi connectivity index (χ3n) is 5.16. The Bertz CT molecular complexity index is 1410. The molecule has 0 aliphatic heterocycles. The SMILES string of the molecule is CCCCOc1ccc(/C=c2/sc3nc(=O)c(Cc4ccc(OCCC)cc4)nn3c2=O)cc1. The number of rotatable bonds is 10. The lowest BCUT2D eigenvalue weighted by atomic mass is 10.1. The number of nitrogens with zero attached hydrogens (tertiary/aromatic N) is 3. The summed E-state index contributed by atoms with van der Waals surface area (Å²) in [4.78, 5) is 29.9. The van der Waals surface area contributed by atoms with Gasteiger partial charge in [0.25, 0.3) is 11.1 Å². The van der Waals surface area contributed by atoms with Crippen molar-refractivity contribution < 1.29 is 9.47 Å². The number of thiazole rings is 1. The molecule has 8 heteroatoms. The minimum Gasteiger partial charge on any atom is -0.494 e. The van der Waals surface area contributed by atoms with Gasteiger partial charge in [-0.2, -0.15) is 14.6 Å². The topological polar surface area (TPSA) is 82.8 Å². The molecule has 0 aliphatic rings. The maximum Gasteiger partial charge on any atom is 0.296 e. The molecule has 0 aliphatic carbocycles. The maximum absolute atomic E-state index is 12.9. The second kappa shape index (κ2) is 11.1. The van der Waals surface area contributed by atoms with Gasteiger partial charge in [-0.25, -0.2) is 0 Å². The van der Waals surface area contributed by atoms with Gasteiger partial charge >= 0.3 is 0 Å². The molecule has 0 fully saturated rings. The Balaban J connectivity index is 1.57. The van der Waals surface area contributed by atoms with Crippen molar-refractivity contribution in [1.82, 2.24) is 14.6 Å². The molecule has 0 unspecified atom stereocenters. The molecule has 2 aromatic heterocycles. The van der Waals surface area contributed by atoms with E-state index in [9.17, 15) is 9.59 Å². The Morgan fingerprint density at radius 1 is 0.912 bits per heavy atom. The number of benzene rings is 2. The number of fused-ring (bicyclic) bond motifs is 1. The highest BCUT2D eigenvalue weighted by Gasteiger charge is 2.12. The van der Waals surface area contributed by atoms with Gasteiger partial charge in [0.05, 0.1) is 17.7 Å². The fourth-order valence-electron chi connectivity index (χ4n) is 3.31. The first-order chi connectivity index (χ1) is 16.6. The second-order valence-electron chi connectivity index (χ2n) is 7.91. The van der Waals surface area contributed by atoms with Crippen LogP contribution in [-0.2, 0) is 6.42 Å². The average molecular weight is 478 g/mol. The van der Waals surface area contributed by atoms with Crippen molar-refractivity contribution in [2.45, 2.75) is 39.5 Å². The Labute approximate surface area is 201 Å². The highest BCUT2D eigenvalue weighted by atomic mass is 32.1. The first-order valence-corrected chi connectivity index (χ1v) is 12.3. The van der Waals surface area contributed by atoms with Crippen molar-refractivity contribution in [3.63, 3.8) is 0 Å². The Kier molecular flexibility index (Phi) is 7.69. The summed E-state index contributed by atoms with van der Waals surface area (Å²) in [5, 5.41) is 4.33. The fourth-order valence-corrected chi connectivity index (χ4v) is 4.22. The molecule has 0 atom stereocenters. The number of unbranched alkanes of at least 4 members (excludes halogenated alkanes) is 1. The van der Waals surface area contributed by atoms with E-state index in [2.05, 4.69) is 23.9 Å². The highest BCUT2D eigenvalue weighted by Crippen LogP contribution is 2.15. The van der Waals surface area contributed by atoms with Gasteiger partial charge in [0.15, 0.2) is 0 Å². The Morgan fingerprint density at radius 3 is 2.26 bits per heavy atom. The van der Waals surface area contributed by atoms with Gasteiger partial charge in [0.1, 0.15) is 17.2 Å². The summed E-state index contributed by atoms with van der Waals surface area (Å²) in [7, 11) is 0. The van der Waals surface area contributed by atoms with Crippen molar-refractivity contribution in [3.05, 3.63) is 90.6 Å². The lowest BCUT2D eigenvalue weighted by Crippen LogP contribution is -2.28. The lowest BCUT2D eigenvalue weighted by molar-refractivity contribution is 0.309. The van der Waals surface area contributed by atoms with Crippen molar-refractivity contribution in [3.8, 4) is 11.5 Å². The van der Waals surface area contributed by atoms with E-state index in [0.717, 1.165) is 53.2 Å². The van der Waals surface area contributed by atoms with E-state index in [1.54, 1.807) is 6.08 Å². The number of ether oxygens (including phenoxy) is 2. The average Bonchev–Trinajstić information content (AvgIpc) is 3.14. The van der Waals surface area contributed by atoms with Gasteiger partial charge in [0.2, 0.25) is 4.96 Å². The quantitative estimate of drug-likeness (QED) is 0.325. The van der Waals surface area contributed by atoms with Crippen molar-refractivity contribution >= 4 is 22.4 Å². The van der Waals surface area contributed by atoms with Crippen molar-refractivity contribution in [1.29, 1.82) is 0 Å². The number of hydrogen-bond acceptors (Lipinski definition) is 7. The Hall–Kier alpha value is -3.52. The van der Waals surface area contributed by atoms with Gasteiger partial charge < -0.3 is 9.47 Å². The van der Waals surface area contributed by atoms with Crippen LogP contribution in [0.3, 0.4) is 0 Å². The van der Waals surface area contributed by atoms with E-state index >= 15 is 0 Å². The minimum absolute atomic E-state index is 0.231. The van der Waals surface area contributed by atoms with Crippen LogP contribution in [-0.4, -0.2) is 27.8 Å². The summed E-state index contributed by atoms with van der Waals surface area (Å²) in [5.74, 6) is 1.58. The summed E-state index contributed by atoms with van der Waals surface area (Å²) < 4.78 is 13.0. The number of aromatic nitrogens is 3. The third kappa shape index (κ3) is 5.69. The maximum atomic E-state index is 12.9. The van der Waals surface area contributed by atoms with Crippen LogP contribution in [0.5, 0.6) is 11.5 Å². The fraction of sp³-hybridized carbons (Fsp3) is 0.308. The van der Waals surface area contributed by atoms with Crippen LogP contribution in [0.4, 0.5) is 0 Å². The molecular weight excluding hydrogens is 450 g/mol. The molecule has 0 saturated heterocycles. The van der Waals surface area contributed by atoms with E-state index in [1.165, 1.54) is 4.52 Å². The summed E-state index contributed by atoms with van der Waals surface area (Å²) in [6, 6.07) is 15.1. The third-order valence-corrected chi connectivity index (χ3v) is 6.12. The minimum atomic E-state index is -0.423. The predicted molar refractivity (Wildman–Crippen MR) is 134 cm³/mol. The van der Waals surface area contributed by atoms with Gasteiger partial charge in [-0.3, -0.25) is 9.59 Å². The zero-order chi connectivity index (χ0) is 23.9. The molecule has 2 aromatic carbocycles. The molecule has 4 aromatic rings. The predicted octanol–water partition coefficient (Wildman–Crippen LogP) is 3.62. The summed E-state index contributed by atoms with van der Waals surface area (Å²) in [5.41, 5.74) is 1.27. The van der Waals surface area contributed by atoms with Crippen LogP contribution in [0, 0.1) is 0 Å². The molecular formula is C26H27N3O4S. The molecule has 176 valence electrons. The second-order valence-corrected chi connectivity index (χ2v) is 8.92. The van der Waals surface area contributed by atoms with Crippen LogP contribution in [0.15, 0.2) is 58.1 Å². The molecule has 0 saturated carbocycles. The van der Waals surface area contributed by atoms with E-state index in [1.807, 2.05) is 48.5 Å². The first-order valence-electron chi connectivity index (χ1n) is 11.5. The molecule has 0 bridgehead atoms. The molecule has 0 N–H and O–H groups in total. The van der Waals surface area contributed by atoms with Gasteiger partial charge in [-0.05, 0) is 54.3 Å². The van der Waals surface area contributed by atoms with Crippen molar-refractivity contribution in [2.24, 2.45) is 0 Å². The smallest absolute Gasteiger partial charge is 0.296 e. The monoisotopic (exact) mass is 477 g/mol. The van der Waals surface area contributed by atoms with Crippen molar-refractivity contribution in [2.75, 3.05) is 13.2 Å². The van der Waals surface area contributed by atoms with Gasteiger partial charge in [-0.1, -0.05) is 55.9 Å². The van der Waals surface area contributed by atoms with Crippen LogP contribution in [0.1, 0.15) is 49.9 Å². The normalized spacial score (nSPS) is 11.8. The first kappa shape index (κ1) is 23.6. The molecule has 0 amide bonds. The van der Waals surface area contributed by atoms with E-state index in [0.29, 0.717) is 17.7 Å². The van der Waals surface area contributed by atoms with Crippen LogP contribution >= 0.6 is 11.3 Å². The zero-order valence-corrected chi connectivity index (χ0v) is 20.1. The Morgan fingerprint density at radius 2 is 1.59 bits per heavy atom. The summed E-state index contributed by atoms with van der Waals surface area (Å²) in [6.45, 7) is 5.51. The highest BCUT2D eigenvalue weighted by molar-refractivity contribution is 7.15. The van der Waals surface area contributed by atoms with E-state index in [4.69, 9.17) is 9.47 Å². The van der Waals surface area contributed by atoms with E-state index in [-0.39, 0.29) is 22.6 Å². The standard InChI is InChI=1S/C26H27N3O4S/c1-3-5-15-33-21-12-8-19(9-13-21)17-23-25(31)29-26(34-23)27-24(30)22(28-29)16-18-6-10-20(11-7-18)32-14-4-2/h6-13,17H,3-5,14-16H2,1-2H3/b23-17+. The van der Waals surface area contributed by atoms with Crippen LogP contribution in [0.25, 0.3) is 11.0 Å². The largest absolute Gasteiger partial charge is 0.494 e. The van der Waals surface area contributed by atoms with Gasteiger partial charge in [-0.15, -0.1) is 0 Å². The molecule has 0 spiro atoms. The molecule has 7 nitrogen and oxygen atoms in total. The lowest BCUT2D eigenvalue weighted by Gasteiger charge is -2.05. The zero-order valence-electron chi connectivity index (χ0n) is 19.3. The molecule has 2 heterocycles. The molecule has 34 heavy (non-hydrogen) atoms. The molecule has 0 radical (unpaired) electrons. The number of hydrogen-bond donors (Lipinski definition) is 0. The summed E-state index contributed by atoms with van der Waals surface area (Å²) in [6.07, 6.45) is 5.09.